The van der Waals surface area contributed by atoms with Crippen molar-refractivity contribution in [1.29, 1.82) is 0 Å². The topological polar surface area (TPSA) is 35.9 Å². The Morgan fingerprint density at radius 2 is 1.62 bits per heavy atom. The van der Waals surface area contributed by atoms with Crippen LogP contribution in [0.15, 0.2) is 53.5 Å². The average Bonchev–Trinajstić information content (AvgIpc) is 2.63. The summed E-state index contributed by atoms with van der Waals surface area (Å²) in [7, 11) is 3.84. The minimum absolute atomic E-state index is 0.0441. The van der Waals surface area contributed by atoms with Crippen molar-refractivity contribution in [2.45, 2.75) is 6.92 Å². The Bertz CT molecular complexity index is 838. The maximum atomic E-state index is 13.0. The molecular weight excluding hydrogens is 298 g/mol. The molecule has 0 aliphatic carbocycles. The number of amides is 1. The zero-order valence-corrected chi connectivity index (χ0v) is 14.3. The number of benzene rings is 2. The number of hydrogen-bond donors (Lipinski definition) is 0. The third-order valence-electron chi connectivity index (χ3n) is 4.48. The molecule has 0 spiro atoms. The van der Waals surface area contributed by atoms with E-state index in [1.54, 1.807) is 4.90 Å². The molecule has 0 bridgehead atoms. The second kappa shape index (κ2) is 6.32. The molecule has 0 fully saturated rings. The van der Waals surface area contributed by atoms with Crippen molar-refractivity contribution in [3.05, 3.63) is 65.2 Å². The summed E-state index contributed by atoms with van der Waals surface area (Å²) >= 11 is 0. The number of para-hydroxylation sites is 1. The summed E-state index contributed by atoms with van der Waals surface area (Å²) in [6.07, 6.45) is 0. The van der Waals surface area contributed by atoms with Crippen LogP contribution in [0.2, 0.25) is 0 Å². The molecule has 0 atom stereocenters. The first-order valence-corrected chi connectivity index (χ1v) is 7.99. The van der Waals surface area contributed by atoms with Gasteiger partial charge in [0.25, 0.3) is 5.91 Å². The number of nitrogens with zero attached hydrogens (tertiary/aromatic N) is 3. The van der Waals surface area contributed by atoms with Gasteiger partial charge in [-0.15, -0.1) is 0 Å². The number of carbonyl (C=O) groups excluding carboxylic acids is 1. The molecule has 0 aromatic heterocycles. The molecular formula is C20H21N3O. The van der Waals surface area contributed by atoms with Crippen molar-refractivity contribution in [3.8, 4) is 0 Å². The van der Waals surface area contributed by atoms with Gasteiger partial charge in [-0.05, 0) is 25.8 Å². The molecule has 0 unspecified atom stereocenters. The molecule has 0 radical (unpaired) electrons. The van der Waals surface area contributed by atoms with Crippen molar-refractivity contribution < 1.29 is 4.79 Å². The van der Waals surface area contributed by atoms with Crippen LogP contribution in [-0.2, 0) is 0 Å². The van der Waals surface area contributed by atoms with E-state index in [1.807, 2.05) is 62.6 Å². The highest BCUT2D eigenvalue weighted by Crippen LogP contribution is 2.38. The predicted molar refractivity (Wildman–Crippen MR) is 100 cm³/mol. The number of hydrogen-bond acceptors (Lipinski definition) is 3. The van der Waals surface area contributed by atoms with Gasteiger partial charge in [0.1, 0.15) is 0 Å². The Kier molecular flexibility index (Phi) is 4.21. The van der Waals surface area contributed by atoms with Crippen molar-refractivity contribution in [2.75, 3.05) is 25.5 Å². The van der Waals surface area contributed by atoms with Gasteiger partial charge in [-0.2, -0.15) is 0 Å². The monoisotopic (exact) mass is 319 g/mol. The van der Waals surface area contributed by atoms with Crippen LogP contribution in [0.4, 0.5) is 5.69 Å². The van der Waals surface area contributed by atoms with Gasteiger partial charge < -0.3 is 9.80 Å². The van der Waals surface area contributed by atoms with E-state index in [2.05, 4.69) is 23.5 Å². The SMILES string of the molecule is C=N/C1=C(\N(C)CC)c2ccccc2N(C)C(=O)c2ccccc21. The zero-order chi connectivity index (χ0) is 17.3. The lowest BCUT2D eigenvalue weighted by Crippen LogP contribution is -2.30. The fourth-order valence-electron chi connectivity index (χ4n) is 3.09. The molecule has 1 aliphatic rings. The van der Waals surface area contributed by atoms with E-state index < -0.39 is 0 Å². The van der Waals surface area contributed by atoms with Gasteiger partial charge in [-0.3, -0.25) is 9.79 Å². The second-order valence-electron chi connectivity index (χ2n) is 5.80. The van der Waals surface area contributed by atoms with Gasteiger partial charge in [0, 0.05) is 37.3 Å². The molecule has 0 saturated heterocycles. The largest absolute Gasteiger partial charge is 0.373 e. The van der Waals surface area contributed by atoms with E-state index in [-0.39, 0.29) is 5.91 Å². The summed E-state index contributed by atoms with van der Waals surface area (Å²) in [5, 5.41) is 0. The van der Waals surface area contributed by atoms with Crippen LogP contribution < -0.4 is 4.90 Å². The first-order valence-electron chi connectivity index (χ1n) is 7.99. The first kappa shape index (κ1) is 16.0. The van der Waals surface area contributed by atoms with Crippen LogP contribution in [0.1, 0.15) is 28.4 Å². The minimum atomic E-state index is -0.0441. The number of aliphatic imine (C=N–C) groups is 1. The van der Waals surface area contributed by atoms with E-state index in [0.717, 1.165) is 34.8 Å². The molecule has 3 rings (SSSR count). The molecule has 1 heterocycles. The predicted octanol–water partition coefficient (Wildman–Crippen LogP) is 3.75. The Labute approximate surface area is 142 Å². The van der Waals surface area contributed by atoms with Crippen molar-refractivity contribution >= 4 is 29.7 Å². The van der Waals surface area contributed by atoms with E-state index >= 15 is 0 Å². The highest BCUT2D eigenvalue weighted by Gasteiger charge is 2.28. The zero-order valence-electron chi connectivity index (χ0n) is 14.3. The highest BCUT2D eigenvalue weighted by atomic mass is 16.2. The first-order chi connectivity index (χ1) is 11.6. The van der Waals surface area contributed by atoms with Crippen molar-refractivity contribution in [3.63, 3.8) is 0 Å². The fraction of sp³-hybridized carbons (Fsp3) is 0.200. The average molecular weight is 319 g/mol. The minimum Gasteiger partial charge on any atom is -0.373 e. The second-order valence-corrected chi connectivity index (χ2v) is 5.80. The molecule has 4 nitrogen and oxygen atoms in total. The van der Waals surface area contributed by atoms with Gasteiger partial charge >= 0.3 is 0 Å². The lowest BCUT2D eigenvalue weighted by molar-refractivity contribution is 0.0992. The standard InChI is InChI=1S/C20H21N3O/c1-5-22(3)19-16-12-8-9-13-17(16)23(4)20(24)15-11-7-6-10-14(15)18(19)21-2/h6-13H,2,5H2,1,3-4H3/b19-18-. The third-order valence-corrected chi connectivity index (χ3v) is 4.48. The molecule has 1 aliphatic heterocycles. The molecule has 122 valence electrons. The molecule has 0 saturated carbocycles. The highest BCUT2D eigenvalue weighted by molar-refractivity contribution is 6.13. The Morgan fingerprint density at radius 3 is 2.25 bits per heavy atom. The van der Waals surface area contributed by atoms with Crippen molar-refractivity contribution in [1.82, 2.24) is 4.90 Å². The number of fused-ring (bicyclic) bond motifs is 2. The van der Waals surface area contributed by atoms with Gasteiger partial charge in [-0.1, -0.05) is 36.4 Å². The summed E-state index contributed by atoms with van der Waals surface area (Å²) in [6.45, 7) is 6.70. The summed E-state index contributed by atoms with van der Waals surface area (Å²) in [5.41, 5.74) is 5.02. The van der Waals surface area contributed by atoms with E-state index in [4.69, 9.17) is 0 Å². The van der Waals surface area contributed by atoms with Crippen LogP contribution in [0, 0.1) is 0 Å². The quantitative estimate of drug-likeness (QED) is 0.808. The number of rotatable bonds is 3. The summed E-state index contributed by atoms with van der Waals surface area (Å²) in [4.78, 5) is 21.2. The van der Waals surface area contributed by atoms with Crippen molar-refractivity contribution in [2.24, 2.45) is 4.99 Å². The third kappa shape index (κ3) is 2.40. The van der Waals surface area contributed by atoms with Gasteiger partial charge in [-0.25, -0.2) is 0 Å². The Balaban J connectivity index is 2.47. The maximum absolute atomic E-state index is 13.0. The lowest BCUT2D eigenvalue weighted by Gasteiger charge is -2.31. The Morgan fingerprint density at radius 1 is 1.04 bits per heavy atom. The van der Waals surface area contributed by atoms with E-state index in [9.17, 15) is 4.79 Å². The van der Waals surface area contributed by atoms with Gasteiger partial charge in [0.05, 0.1) is 17.1 Å². The summed E-state index contributed by atoms with van der Waals surface area (Å²) in [5.74, 6) is -0.0441. The van der Waals surface area contributed by atoms with Gasteiger partial charge in [0.15, 0.2) is 0 Å². The molecule has 1 amide bonds. The Hall–Kier alpha value is -2.88. The normalized spacial score (nSPS) is 16.8. The maximum Gasteiger partial charge on any atom is 0.258 e. The number of anilines is 1. The van der Waals surface area contributed by atoms with Crippen LogP contribution in [-0.4, -0.2) is 38.2 Å². The van der Waals surface area contributed by atoms with Crippen LogP contribution in [0.25, 0.3) is 11.4 Å². The van der Waals surface area contributed by atoms with Crippen LogP contribution in [0.3, 0.4) is 0 Å². The summed E-state index contributed by atoms with van der Waals surface area (Å²) < 4.78 is 0. The smallest absolute Gasteiger partial charge is 0.258 e. The van der Waals surface area contributed by atoms with Gasteiger partial charge in [0.2, 0.25) is 0 Å². The lowest BCUT2D eigenvalue weighted by atomic mass is 9.95. The van der Waals surface area contributed by atoms with Crippen LogP contribution in [0.5, 0.6) is 0 Å². The van der Waals surface area contributed by atoms with E-state index in [0.29, 0.717) is 5.56 Å². The number of carbonyl (C=O) groups is 1. The molecule has 24 heavy (non-hydrogen) atoms. The molecule has 2 aromatic rings. The molecule has 4 heteroatoms. The molecule has 0 N–H and O–H groups in total. The van der Waals surface area contributed by atoms with Crippen LogP contribution >= 0.6 is 0 Å². The van der Waals surface area contributed by atoms with E-state index in [1.165, 1.54) is 0 Å². The molecule has 2 aromatic carbocycles. The summed E-state index contributed by atoms with van der Waals surface area (Å²) in [6, 6.07) is 15.5. The fourth-order valence-corrected chi connectivity index (χ4v) is 3.09.